The lowest BCUT2D eigenvalue weighted by molar-refractivity contribution is -0.144. The highest BCUT2D eigenvalue weighted by Gasteiger charge is 2.31. The zero-order valence-electron chi connectivity index (χ0n) is 24.7. The first kappa shape index (κ1) is 32.3. The van der Waals surface area contributed by atoms with E-state index in [1.807, 2.05) is 24.0 Å². The predicted octanol–water partition coefficient (Wildman–Crippen LogP) is 7.12. The van der Waals surface area contributed by atoms with Crippen LogP contribution in [0.5, 0.6) is 5.75 Å². The van der Waals surface area contributed by atoms with Crippen molar-refractivity contribution in [1.29, 1.82) is 0 Å². The second-order valence-electron chi connectivity index (χ2n) is 11.4. The summed E-state index contributed by atoms with van der Waals surface area (Å²) in [6.07, 6.45) is -1.13. The van der Waals surface area contributed by atoms with Crippen molar-refractivity contribution < 1.29 is 32.6 Å². The minimum atomic E-state index is -4.40. The average Bonchev–Trinajstić information content (AvgIpc) is 3.68. The largest absolute Gasteiger partial charge is 0.479 e. The van der Waals surface area contributed by atoms with Crippen LogP contribution in [0.25, 0.3) is 10.6 Å². The molecule has 2 heterocycles. The monoisotopic (exact) mass is 647 g/mol. The maximum atomic E-state index is 13.1. The standard InChI is InChI=1S/C32H36F3N3O4S2/c1-20-17-25(11-12-27(20)42-21(2)31(40)41)43-19-28-26(36-29(44-28)22-7-9-24(10-8-22)32(33,34)35)18-37-13-15-38(16-14-37)30(39)23-5-3-4-6-23/h7-12,17,21,23H,3-6,13-16,18-19H2,1-2H3,(H,40,41). The van der Waals surface area contributed by atoms with Crippen molar-refractivity contribution in [1.82, 2.24) is 14.8 Å². The van der Waals surface area contributed by atoms with E-state index in [0.29, 0.717) is 41.7 Å². The molecule has 7 nitrogen and oxygen atoms in total. The van der Waals surface area contributed by atoms with Crippen molar-refractivity contribution in [3.8, 4) is 16.3 Å². The predicted molar refractivity (Wildman–Crippen MR) is 165 cm³/mol. The number of alkyl halides is 3. The second kappa shape index (κ2) is 13.9. The number of aryl methyl sites for hydroxylation is 1. The first-order valence-corrected chi connectivity index (χ1v) is 16.6. The van der Waals surface area contributed by atoms with Gasteiger partial charge in [-0.05, 0) is 62.6 Å². The van der Waals surface area contributed by atoms with Crippen LogP contribution in [-0.2, 0) is 28.1 Å². The van der Waals surface area contributed by atoms with Crippen molar-refractivity contribution in [2.75, 3.05) is 26.2 Å². The number of amides is 1. The fourth-order valence-electron chi connectivity index (χ4n) is 5.55. The summed E-state index contributed by atoms with van der Waals surface area (Å²) in [5, 5.41) is 9.82. The lowest BCUT2D eigenvalue weighted by Gasteiger charge is -2.35. The molecule has 1 N–H and O–H groups in total. The summed E-state index contributed by atoms with van der Waals surface area (Å²) in [4.78, 5) is 35.3. The summed E-state index contributed by atoms with van der Waals surface area (Å²) < 4.78 is 45.0. The van der Waals surface area contributed by atoms with Crippen molar-refractivity contribution in [3.63, 3.8) is 0 Å². The number of carbonyl (C=O) groups excluding carboxylic acids is 1. The van der Waals surface area contributed by atoms with Gasteiger partial charge in [0.25, 0.3) is 0 Å². The van der Waals surface area contributed by atoms with Gasteiger partial charge in [0.15, 0.2) is 6.10 Å². The van der Waals surface area contributed by atoms with Gasteiger partial charge in [-0.25, -0.2) is 9.78 Å². The molecule has 3 aromatic rings. The van der Waals surface area contributed by atoms with E-state index >= 15 is 0 Å². The van der Waals surface area contributed by atoms with Crippen LogP contribution >= 0.6 is 23.1 Å². The number of piperazine rings is 1. The van der Waals surface area contributed by atoms with Gasteiger partial charge in [-0.15, -0.1) is 23.1 Å². The number of thiazole rings is 1. The minimum Gasteiger partial charge on any atom is -0.479 e. The van der Waals surface area contributed by atoms with Crippen LogP contribution in [0.1, 0.15) is 54.3 Å². The van der Waals surface area contributed by atoms with E-state index in [1.165, 1.54) is 30.4 Å². The number of ether oxygens (including phenoxy) is 1. The van der Waals surface area contributed by atoms with Crippen LogP contribution in [0.3, 0.4) is 0 Å². The van der Waals surface area contributed by atoms with Gasteiger partial charge in [0.2, 0.25) is 5.91 Å². The van der Waals surface area contributed by atoms with Crippen LogP contribution in [0.15, 0.2) is 47.4 Å². The molecule has 1 aliphatic carbocycles. The molecule has 1 amide bonds. The number of aliphatic carboxylic acids is 1. The number of rotatable bonds is 10. The number of thioether (sulfide) groups is 1. The fraction of sp³-hybridized carbons (Fsp3) is 0.469. The molecule has 5 rings (SSSR count). The van der Waals surface area contributed by atoms with E-state index in [0.717, 1.165) is 71.9 Å². The smallest absolute Gasteiger partial charge is 0.416 e. The van der Waals surface area contributed by atoms with Crippen molar-refractivity contribution >= 4 is 35.0 Å². The van der Waals surface area contributed by atoms with Crippen LogP contribution in [0, 0.1) is 12.8 Å². The zero-order valence-corrected chi connectivity index (χ0v) is 26.4. The lowest BCUT2D eigenvalue weighted by Crippen LogP contribution is -2.49. The Morgan fingerprint density at radius 3 is 2.39 bits per heavy atom. The molecule has 44 heavy (non-hydrogen) atoms. The van der Waals surface area contributed by atoms with Gasteiger partial charge >= 0.3 is 12.1 Å². The molecule has 1 unspecified atom stereocenters. The van der Waals surface area contributed by atoms with Gasteiger partial charge < -0.3 is 14.7 Å². The van der Waals surface area contributed by atoms with Crippen molar-refractivity contribution in [3.05, 3.63) is 64.2 Å². The summed E-state index contributed by atoms with van der Waals surface area (Å²) >= 11 is 3.09. The molecule has 1 aliphatic heterocycles. The van der Waals surface area contributed by atoms with Crippen LogP contribution in [0.4, 0.5) is 13.2 Å². The number of nitrogens with zero attached hydrogens (tertiary/aromatic N) is 3. The third-order valence-corrected chi connectivity index (χ3v) is 10.5. The quantitative estimate of drug-likeness (QED) is 0.235. The summed E-state index contributed by atoms with van der Waals surface area (Å²) in [7, 11) is 0. The van der Waals surface area contributed by atoms with Crippen molar-refractivity contribution in [2.24, 2.45) is 5.92 Å². The topological polar surface area (TPSA) is 83.0 Å². The summed E-state index contributed by atoms with van der Waals surface area (Å²) in [6.45, 7) is 6.80. The molecule has 0 spiro atoms. The van der Waals surface area contributed by atoms with Crippen molar-refractivity contribution in [2.45, 2.75) is 69.0 Å². The Bertz CT molecular complexity index is 1460. The highest BCUT2D eigenvalue weighted by molar-refractivity contribution is 7.98. The lowest BCUT2D eigenvalue weighted by atomic mass is 10.1. The molecular formula is C32H36F3N3O4S2. The van der Waals surface area contributed by atoms with E-state index in [4.69, 9.17) is 14.8 Å². The first-order chi connectivity index (χ1) is 21.0. The van der Waals surface area contributed by atoms with Gasteiger partial charge in [0.05, 0.1) is 11.3 Å². The first-order valence-electron chi connectivity index (χ1n) is 14.8. The molecule has 1 atom stereocenters. The number of halogens is 3. The molecule has 0 radical (unpaired) electrons. The van der Waals surface area contributed by atoms with Gasteiger partial charge in [0.1, 0.15) is 10.8 Å². The molecule has 1 saturated heterocycles. The van der Waals surface area contributed by atoms with Gasteiger partial charge in [-0.2, -0.15) is 13.2 Å². The molecule has 1 aromatic heterocycles. The van der Waals surface area contributed by atoms with Gasteiger partial charge in [-0.3, -0.25) is 9.69 Å². The number of carboxylic acids is 1. The Morgan fingerprint density at radius 1 is 1.09 bits per heavy atom. The SMILES string of the molecule is Cc1cc(SCc2sc(-c3ccc(C(F)(F)F)cc3)nc2CN2CCN(C(=O)C3CCCC3)CC2)ccc1OC(C)C(=O)O. The average molecular weight is 648 g/mol. The van der Waals surface area contributed by atoms with E-state index in [9.17, 15) is 22.8 Å². The van der Waals surface area contributed by atoms with E-state index in [-0.39, 0.29) is 11.8 Å². The Labute approximate surface area is 263 Å². The number of hydrogen-bond donors (Lipinski definition) is 1. The third kappa shape index (κ3) is 7.94. The Hall–Kier alpha value is -3.09. The summed E-state index contributed by atoms with van der Waals surface area (Å²) in [5.74, 6) is 0.532. The Balaban J connectivity index is 1.30. The molecule has 0 bridgehead atoms. The van der Waals surface area contributed by atoms with E-state index < -0.39 is 23.8 Å². The molecule has 236 valence electrons. The van der Waals surface area contributed by atoms with E-state index in [2.05, 4.69) is 4.90 Å². The van der Waals surface area contributed by atoms with Crippen LogP contribution in [0.2, 0.25) is 0 Å². The van der Waals surface area contributed by atoms with Gasteiger partial charge in [0, 0.05) is 59.7 Å². The Kier molecular flexibility index (Phi) is 10.2. The molecule has 2 aliphatic rings. The number of carbonyl (C=O) groups is 2. The number of benzene rings is 2. The molecule has 1 saturated carbocycles. The van der Waals surface area contributed by atoms with Crippen LogP contribution < -0.4 is 4.74 Å². The summed E-state index contributed by atoms with van der Waals surface area (Å²) in [5.41, 5.74) is 1.65. The normalized spacial score (nSPS) is 17.2. The van der Waals surface area contributed by atoms with Gasteiger partial charge in [-0.1, -0.05) is 25.0 Å². The number of carboxylic acid groups (broad SMARTS) is 1. The van der Waals surface area contributed by atoms with Crippen LogP contribution in [-0.4, -0.2) is 64.0 Å². The third-order valence-electron chi connectivity index (χ3n) is 8.17. The molecular weight excluding hydrogens is 611 g/mol. The molecule has 12 heteroatoms. The maximum absolute atomic E-state index is 13.1. The minimum absolute atomic E-state index is 0.167. The highest BCUT2D eigenvalue weighted by Crippen LogP contribution is 2.37. The number of hydrogen-bond acceptors (Lipinski definition) is 7. The highest BCUT2D eigenvalue weighted by atomic mass is 32.2. The Morgan fingerprint density at radius 2 is 1.77 bits per heavy atom. The maximum Gasteiger partial charge on any atom is 0.416 e. The zero-order chi connectivity index (χ0) is 31.4. The summed E-state index contributed by atoms with van der Waals surface area (Å²) in [6, 6.07) is 10.7. The molecule has 2 aromatic carbocycles. The fourth-order valence-corrected chi connectivity index (χ4v) is 7.72. The molecule has 2 fully saturated rings. The second-order valence-corrected chi connectivity index (χ2v) is 13.5. The van der Waals surface area contributed by atoms with E-state index in [1.54, 1.807) is 17.8 Å². The number of aromatic nitrogens is 1.